The van der Waals surface area contributed by atoms with E-state index in [1.807, 2.05) is 6.92 Å². The van der Waals surface area contributed by atoms with Gasteiger partial charge in [-0.3, -0.25) is 4.79 Å². The predicted octanol–water partition coefficient (Wildman–Crippen LogP) is 2.49. The predicted molar refractivity (Wildman–Crippen MR) is 57.1 cm³/mol. The lowest BCUT2D eigenvalue weighted by Crippen LogP contribution is -2.38. The van der Waals surface area contributed by atoms with E-state index in [-0.39, 0.29) is 5.97 Å². The van der Waals surface area contributed by atoms with Crippen molar-refractivity contribution >= 4 is 12.2 Å². The Morgan fingerprint density at radius 3 is 2.67 bits per heavy atom. The summed E-state index contributed by atoms with van der Waals surface area (Å²) in [5, 5.41) is 11.6. The van der Waals surface area contributed by atoms with Crippen molar-refractivity contribution in [2.75, 3.05) is 0 Å². The van der Waals surface area contributed by atoms with Crippen molar-refractivity contribution in [3.63, 3.8) is 0 Å². The fourth-order valence-corrected chi connectivity index (χ4v) is 1.99. The summed E-state index contributed by atoms with van der Waals surface area (Å²) in [6.45, 7) is 1.94. The van der Waals surface area contributed by atoms with E-state index in [1.165, 1.54) is 6.21 Å². The Bertz CT molecular complexity index is 232. The number of hydrogen-bond acceptors (Lipinski definition) is 4. The SMILES string of the molecule is CCCC(=O)OC1(/C=N/O)CCCCC1. The molecule has 0 radical (unpaired) electrons. The molecule has 0 atom stereocenters. The van der Waals surface area contributed by atoms with Gasteiger partial charge in [0.25, 0.3) is 0 Å². The third kappa shape index (κ3) is 3.53. The number of ether oxygens (including phenoxy) is 1. The summed E-state index contributed by atoms with van der Waals surface area (Å²) < 4.78 is 5.41. The lowest BCUT2D eigenvalue weighted by atomic mass is 9.85. The van der Waals surface area contributed by atoms with E-state index in [4.69, 9.17) is 9.94 Å². The van der Waals surface area contributed by atoms with Crippen LogP contribution in [0.15, 0.2) is 5.16 Å². The maximum absolute atomic E-state index is 11.4. The number of rotatable bonds is 4. The van der Waals surface area contributed by atoms with Gasteiger partial charge in [0.05, 0.1) is 6.21 Å². The van der Waals surface area contributed by atoms with Crippen LogP contribution in [0, 0.1) is 0 Å². The van der Waals surface area contributed by atoms with E-state index in [0.29, 0.717) is 6.42 Å². The van der Waals surface area contributed by atoms with Crippen LogP contribution in [0.4, 0.5) is 0 Å². The lowest BCUT2D eigenvalue weighted by molar-refractivity contribution is -0.155. The zero-order valence-corrected chi connectivity index (χ0v) is 9.24. The van der Waals surface area contributed by atoms with E-state index >= 15 is 0 Å². The molecule has 1 saturated carbocycles. The van der Waals surface area contributed by atoms with Crippen molar-refractivity contribution in [3.05, 3.63) is 0 Å². The number of oxime groups is 1. The first kappa shape index (κ1) is 12.0. The number of carbonyl (C=O) groups is 1. The molecule has 1 N–H and O–H groups in total. The molecule has 0 aromatic rings. The Morgan fingerprint density at radius 1 is 1.47 bits per heavy atom. The van der Waals surface area contributed by atoms with Gasteiger partial charge in [-0.25, -0.2) is 0 Å². The Labute approximate surface area is 90.3 Å². The molecule has 15 heavy (non-hydrogen) atoms. The second kappa shape index (κ2) is 5.73. The highest BCUT2D eigenvalue weighted by atomic mass is 16.6. The van der Waals surface area contributed by atoms with Gasteiger partial charge < -0.3 is 9.94 Å². The molecule has 0 spiro atoms. The van der Waals surface area contributed by atoms with Gasteiger partial charge in [-0.2, -0.15) is 0 Å². The zero-order chi connectivity index (χ0) is 11.1. The number of carbonyl (C=O) groups excluding carboxylic acids is 1. The Hall–Kier alpha value is -1.06. The standard InChI is InChI=1S/C11H19NO3/c1-2-6-10(13)15-11(9-12-14)7-4-3-5-8-11/h9,14H,2-8H2,1H3/b12-9+. The van der Waals surface area contributed by atoms with Crippen molar-refractivity contribution in [3.8, 4) is 0 Å². The van der Waals surface area contributed by atoms with Crippen LogP contribution < -0.4 is 0 Å². The van der Waals surface area contributed by atoms with Gasteiger partial charge in [0.2, 0.25) is 0 Å². The molecule has 4 heteroatoms. The second-order valence-electron chi connectivity index (χ2n) is 4.09. The van der Waals surface area contributed by atoms with Gasteiger partial charge >= 0.3 is 5.97 Å². The van der Waals surface area contributed by atoms with Crippen LogP contribution in [0.1, 0.15) is 51.9 Å². The van der Waals surface area contributed by atoms with E-state index in [1.54, 1.807) is 0 Å². The molecule has 0 aromatic heterocycles. The molecule has 0 bridgehead atoms. The minimum Gasteiger partial charge on any atom is -0.453 e. The monoisotopic (exact) mass is 213 g/mol. The third-order valence-corrected chi connectivity index (χ3v) is 2.76. The Kier molecular flexibility index (Phi) is 4.59. The number of nitrogens with zero attached hydrogens (tertiary/aromatic N) is 1. The summed E-state index contributed by atoms with van der Waals surface area (Å²) in [6.07, 6.45) is 7.33. The summed E-state index contributed by atoms with van der Waals surface area (Å²) in [6, 6.07) is 0. The maximum atomic E-state index is 11.4. The first-order valence-electron chi connectivity index (χ1n) is 5.63. The fourth-order valence-electron chi connectivity index (χ4n) is 1.99. The normalized spacial score (nSPS) is 20.3. The van der Waals surface area contributed by atoms with Crippen LogP contribution in [0.2, 0.25) is 0 Å². The molecular weight excluding hydrogens is 194 g/mol. The fraction of sp³-hybridized carbons (Fsp3) is 0.818. The molecule has 4 nitrogen and oxygen atoms in total. The molecule has 1 aliphatic rings. The molecule has 86 valence electrons. The second-order valence-corrected chi connectivity index (χ2v) is 4.09. The van der Waals surface area contributed by atoms with Crippen LogP contribution in [-0.4, -0.2) is 23.0 Å². The molecule has 0 amide bonds. The highest BCUT2D eigenvalue weighted by molar-refractivity contribution is 5.76. The van der Waals surface area contributed by atoms with Gasteiger partial charge in [0.15, 0.2) is 5.60 Å². The minimum absolute atomic E-state index is 0.195. The molecule has 0 saturated heterocycles. The van der Waals surface area contributed by atoms with Crippen LogP contribution in [-0.2, 0) is 9.53 Å². The molecule has 1 fully saturated rings. The first-order valence-corrected chi connectivity index (χ1v) is 5.63. The number of esters is 1. The average molecular weight is 213 g/mol. The molecule has 0 aliphatic heterocycles. The van der Waals surface area contributed by atoms with Crippen LogP contribution in [0.25, 0.3) is 0 Å². The van der Waals surface area contributed by atoms with Crippen LogP contribution >= 0.6 is 0 Å². The van der Waals surface area contributed by atoms with Crippen LogP contribution in [0.3, 0.4) is 0 Å². The van der Waals surface area contributed by atoms with Crippen molar-refractivity contribution in [2.24, 2.45) is 5.16 Å². The molecule has 0 heterocycles. The van der Waals surface area contributed by atoms with E-state index < -0.39 is 5.60 Å². The quantitative estimate of drug-likeness (QED) is 0.338. The molecule has 0 unspecified atom stereocenters. The van der Waals surface area contributed by atoms with E-state index in [9.17, 15) is 4.79 Å². The Morgan fingerprint density at radius 2 is 2.13 bits per heavy atom. The third-order valence-electron chi connectivity index (χ3n) is 2.76. The highest BCUT2D eigenvalue weighted by Crippen LogP contribution is 2.30. The Balaban J connectivity index is 2.59. The van der Waals surface area contributed by atoms with Gasteiger partial charge in [-0.15, -0.1) is 0 Å². The lowest BCUT2D eigenvalue weighted by Gasteiger charge is -2.32. The molecule has 1 aliphatic carbocycles. The average Bonchev–Trinajstić information content (AvgIpc) is 2.19. The van der Waals surface area contributed by atoms with Crippen molar-refractivity contribution in [1.82, 2.24) is 0 Å². The van der Waals surface area contributed by atoms with E-state index in [2.05, 4.69) is 5.16 Å². The minimum atomic E-state index is -0.640. The number of hydrogen-bond donors (Lipinski definition) is 1. The van der Waals surface area contributed by atoms with Gasteiger partial charge in [-0.1, -0.05) is 18.5 Å². The van der Waals surface area contributed by atoms with Gasteiger partial charge in [0.1, 0.15) is 0 Å². The summed E-state index contributed by atoms with van der Waals surface area (Å²) >= 11 is 0. The largest absolute Gasteiger partial charge is 0.453 e. The summed E-state index contributed by atoms with van der Waals surface area (Å²) in [4.78, 5) is 11.4. The van der Waals surface area contributed by atoms with Gasteiger partial charge in [0, 0.05) is 6.42 Å². The first-order chi connectivity index (χ1) is 7.22. The van der Waals surface area contributed by atoms with Gasteiger partial charge in [-0.05, 0) is 32.1 Å². The summed E-state index contributed by atoms with van der Waals surface area (Å²) in [5.41, 5.74) is -0.640. The van der Waals surface area contributed by atoms with E-state index in [0.717, 1.165) is 38.5 Å². The molecular formula is C11H19NO3. The highest BCUT2D eigenvalue weighted by Gasteiger charge is 2.34. The summed E-state index contributed by atoms with van der Waals surface area (Å²) in [7, 11) is 0. The van der Waals surface area contributed by atoms with Crippen LogP contribution in [0.5, 0.6) is 0 Å². The molecule has 1 rings (SSSR count). The maximum Gasteiger partial charge on any atom is 0.306 e. The zero-order valence-electron chi connectivity index (χ0n) is 9.24. The molecule has 0 aromatic carbocycles. The van der Waals surface area contributed by atoms with Crippen molar-refractivity contribution < 1.29 is 14.7 Å². The smallest absolute Gasteiger partial charge is 0.306 e. The summed E-state index contributed by atoms with van der Waals surface area (Å²) in [5.74, 6) is -0.195. The van der Waals surface area contributed by atoms with Crippen molar-refractivity contribution in [1.29, 1.82) is 0 Å². The van der Waals surface area contributed by atoms with Crippen molar-refractivity contribution in [2.45, 2.75) is 57.5 Å². The topological polar surface area (TPSA) is 58.9 Å².